The first-order chi connectivity index (χ1) is 12.6. The number of fused-ring (bicyclic) bond motifs is 1. The van der Waals surface area contributed by atoms with Gasteiger partial charge in [0, 0.05) is 24.5 Å². The van der Waals surface area contributed by atoms with Gasteiger partial charge in [0.05, 0.1) is 18.0 Å². The SMILES string of the molecule is Cc1cc(CO)n2nc(C#Cc3nc(-c4ccccc4)cn3C)nc2n1. The number of nitrogens with zero attached hydrogens (tertiary/aromatic N) is 6. The topological polar surface area (TPSA) is 81.1 Å². The molecule has 26 heavy (non-hydrogen) atoms. The molecule has 1 N–H and O–H groups in total. The van der Waals surface area contributed by atoms with Gasteiger partial charge < -0.3 is 9.67 Å². The molecule has 4 aromatic rings. The lowest BCUT2D eigenvalue weighted by Crippen LogP contribution is -2.01. The molecule has 0 aliphatic heterocycles. The maximum Gasteiger partial charge on any atom is 0.253 e. The summed E-state index contributed by atoms with van der Waals surface area (Å²) in [5, 5.41) is 13.8. The highest BCUT2D eigenvalue weighted by atomic mass is 16.3. The zero-order chi connectivity index (χ0) is 18.1. The minimum absolute atomic E-state index is 0.143. The van der Waals surface area contributed by atoms with Crippen LogP contribution in [0.5, 0.6) is 0 Å². The first kappa shape index (κ1) is 16.0. The van der Waals surface area contributed by atoms with E-state index in [1.165, 1.54) is 4.52 Å². The highest BCUT2D eigenvalue weighted by Gasteiger charge is 2.09. The van der Waals surface area contributed by atoms with Crippen LogP contribution in [0.3, 0.4) is 0 Å². The molecule has 0 fully saturated rings. The summed E-state index contributed by atoms with van der Waals surface area (Å²) in [4.78, 5) is 13.2. The van der Waals surface area contributed by atoms with Crippen molar-refractivity contribution in [1.82, 2.24) is 29.1 Å². The third kappa shape index (κ3) is 2.94. The van der Waals surface area contributed by atoms with E-state index < -0.39 is 0 Å². The summed E-state index contributed by atoms with van der Waals surface area (Å²) >= 11 is 0. The predicted molar refractivity (Wildman–Crippen MR) is 96.1 cm³/mol. The normalized spacial score (nSPS) is 10.7. The molecule has 0 bridgehead atoms. The summed E-state index contributed by atoms with van der Waals surface area (Å²) in [5.74, 6) is 7.31. The molecule has 3 heterocycles. The molecule has 0 unspecified atom stereocenters. The maximum absolute atomic E-state index is 9.46. The number of aryl methyl sites for hydroxylation is 2. The molecule has 128 valence electrons. The minimum Gasteiger partial charge on any atom is -0.390 e. The summed E-state index contributed by atoms with van der Waals surface area (Å²) in [7, 11) is 1.90. The molecule has 0 amide bonds. The minimum atomic E-state index is -0.143. The van der Waals surface area contributed by atoms with E-state index in [4.69, 9.17) is 0 Å². The van der Waals surface area contributed by atoms with Gasteiger partial charge in [0.15, 0.2) is 5.82 Å². The van der Waals surface area contributed by atoms with Gasteiger partial charge in [-0.3, -0.25) is 0 Å². The van der Waals surface area contributed by atoms with Crippen LogP contribution in [-0.2, 0) is 13.7 Å². The van der Waals surface area contributed by atoms with Gasteiger partial charge in [0.1, 0.15) is 0 Å². The van der Waals surface area contributed by atoms with Crippen molar-refractivity contribution in [3.63, 3.8) is 0 Å². The number of imidazole rings is 1. The highest BCUT2D eigenvalue weighted by Crippen LogP contribution is 2.17. The fourth-order valence-electron chi connectivity index (χ4n) is 2.67. The second-order valence-corrected chi connectivity index (χ2v) is 5.87. The number of benzene rings is 1. The number of aromatic nitrogens is 6. The number of hydrogen-bond donors (Lipinski definition) is 1. The van der Waals surface area contributed by atoms with Crippen LogP contribution in [0.25, 0.3) is 17.0 Å². The quantitative estimate of drug-likeness (QED) is 0.560. The predicted octanol–water partition coefficient (Wildman–Crippen LogP) is 1.73. The smallest absolute Gasteiger partial charge is 0.253 e. The van der Waals surface area contributed by atoms with E-state index in [2.05, 4.69) is 31.9 Å². The van der Waals surface area contributed by atoms with Crippen molar-refractivity contribution in [1.29, 1.82) is 0 Å². The van der Waals surface area contributed by atoms with E-state index in [9.17, 15) is 5.11 Å². The molecule has 0 spiro atoms. The van der Waals surface area contributed by atoms with Gasteiger partial charge >= 0.3 is 0 Å². The molecule has 0 saturated heterocycles. The molecule has 0 radical (unpaired) electrons. The largest absolute Gasteiger partial charge is 0.390 e. The first-order valence-corrected chi connectivity index (χ1v) is 8.09. The molecule has 0 saturated carbocycles. The average molecular weight is 344 g/mol. The number of hydrogen-bond acceptors (Lipinski definition) is 5. The highest BCUT2D eigenvalue weighted by molar-refractivity contribution is 5.59. The van der Waals surface area contributed by atoms with Gasteiger partial charge in [-0.1, -0.05) is 30.3 Å². The zero-order valence-corrected chi connectivity index (χ0v) is 14.4. The van der Waals surface area contributed by atoms with Crippen LogP contribution in [0, 0.1) is 18.8 Å². The number of rotatable bonds is 2. The van der Waals surface area contributed by atoms with Gasteiger partial charge in [0.25, 0.3) is 5.78 Å². The Morgan fingerprint density at radius 2 is 1.88 bits per heavy atom. The summed E-state index contributed by atoms with van der Waals surface area (Å²) in [6.07, 6.45) is 1.94. The standard InChI is InChI=1S/C19H16N6O/c1-13-10-15(12-26)25-19(20-13)22-17(23-25)8-9-18-21-16(11-24(18)2)14-6-4-3-5-7-14/h3-7,10-11,26H,12H2,1-2H3. The van der Waals surface area contributed by atoms with Crippen LogP contribution in [-0.4, -0.2) is 34.2 Å². The van der Waals surface area contributed by atoms with E-state index in [-0.39, 0.29) is 6.61 Å². The number of aliphatic hydroxyl groups excluding tert-OH is 1. The lowest BCUT2D eigenvalue weighted by molar-refractivity contribution is 0.273. The van der Waals surface area contributed by atoms with E-state index in [0.29, 0.717) is 23.1 Å². The fourth-order valence-corrected chi connectivity index (χ4v) is 2.67. The van der Waals surface area contributed by atoms with Gasteiger partial charge in [-0.25, -0.2) is 9.97 Å². The van der Waals surface area contributed by atoms with E-state index >= 15 is 0 Å². The lowest BCUT2D eigenvalue weighted by Gasteiger charge is -1.99. The zero-order valence-electron chi connectivity index (χ0n) is 14.4. The van der Waals surface area contributed by atoms with Crippen LogP contribution in [0.15, 0.2) is 42.6 Å². The van der Waals surface area contributed by atoms with Crippen molar-refractivity contribution in [2.24, 2.45) is 7.05 Å². The second-order valence-electron chi connectivity index (χ2n) is 5.87. The molecule has 4 rings (SSSR count). The van der Waals surface area contributed by atoms with Crippen LogP contribution in [0.2, 0.25) is 0 Å². The summed E-state index contributed by atoms with van der Waals surface area (Å²) in [5.41, 5.74) is 3.29. The van der Waals surface area contributed by atoms with Crippen molar-refractivity contribution in [3.8, 4) is 23.1 Å². The first-order valence-electron chi connectivity index (χ1n) is 8.09. The van der Waals surface area contributed by atoms with Crippen molar-refractivity contribution in [3.05, 3.63) is 65.6 Å². The third-order valence-electron chi connectivity index (χ3n) is 3.91. The third-order valence-corrected chi connectivity index (χ3v) is 3.91. The lowest BCUT2D eigenvalue weighted by atomic mass is 10.2. The van der Waals surface area contributed by atoms with E-state index in [1.54, 1.807) is 6.07 Å². The van der Waals surface area contributed by atoms with Crippen LogP contribution in [0.1, 0.15) is 23.0 Å². The van der Waals surface area contributed by atoms with E-state index in [0.717, 1.165) is 17.0 Å². The van der Waals surface area contributed by atoms with Crippen LogP contribution < -0.4 is 0 Å². The van der Waals surface area contributed by atoms with Crippen molar-refractivity contribution >= 4 is 5.78 Å². The van der Waals surface area contributed by atoms with Gasteiger partial charge in [-0.15, -0.1) is 5.10 Å². The molecule has 0 atom stereocenters. The fraction of sp³-hybridized carbons (Fsp3) is 0.158. The molecule has 1 aromatic carbocycles. The molecule has 0 aliphatic carbocycles. The monoisotopic (exact) mass is 344 g/mol. The Hall–Kier alpha value is -3.50. The van der Waals surface area contributed by atoms with Gasteiger partial charge in [-0.2, -0.15) is 9.50 Å². The van der Waals surface area contributed by atoms with Crippen molar-refractivity contribution in [2.45, 2.75) is 13.5 Å². The molecule has 7 heteroatoms. The van der Waals surface area contributed by atoms with Gasteiger partial charge in [0.2, 0.25) is 5.82 Å². The summed E-state index contributed by atoms with van der Waals surface area (Å²) in [6.45, 7) is 1.70. The Morgan fingerprint density at radius 3 is 2.65 bits per heavy atom. The Labute approximate surface area is 150 Å². The van der Waals surface area contributed by atoms with Gasteiger partial charge in [-0.05, 0) is 24.8 Å². The van der Waals surface area contributed by atoms with Crippen LogP contribution in [0.4, 0.5) is 0 Å². The Morgan fingerprint density at radius 1 is 1.08 bits per heavy atom. The van der Waals surface area contributed by atoms with E-state index in [1.807, 2.05) is 55.1 Å². The Kier molecular flexibility index (Phi) is 3.95. The average Bonchev–Trinajstić information content (AvgIpc) is 3.23. The van der Waals surface area contributed by atoms with Crippen molar-refractivity contribution < 1.29 is 5.11 Å². The van der Waals surface area contributed by atoms with Crippen molar-refractivity contribution in [2.75, 3.05) is 0 Å². The maximum atomic E-state index is 9.46. The molecule has 7 nitrogen and oxygen atoms in total. The number of aliphatic hydroxyl groups is 1. The molecular weight excluding hydrogens is 328 g/mol. The summed E-state index contributed by atoms with van der Waals surface area (Å²) in [6, 6.07) is 11.7. The Balaban J connectivity index is 1.70. The molecular formula is C19H16N6O. The van der Waals surface area contributed by atoms with Crippen LogP contribution >= 0.6 is 0 Å². The second kappa shape index (κ2) is 6.43. The Bertz CT molecular complexity index is 1150. The molecule has 3 aromatic heterocycles. The molecule has 0 aliphatic rings. The summed E-state index contributed by atoms with van der Waals surface area (Å²) < 4.78 is 3.37.